The Morgan fingerprint density at radius 2 is 1.11 bits per heavy atom. The lowest BCUT2D eigenvalue weighted by Crippen LogP contribution is -2.22. The van der Waals surface area contributed by atoms with Crippen LogP contribution < -0.4 is 0 Å². The smallest absolute Gasteiger partial charge is 0.334 e. The fourth-order valence-corrected chi connectivity index (χ4v) is 0.331. The van der Waals surface area contributed by atoms with Crippen molar-refractivity contribution < 1.29 is 34.8 Å². The van der Waals surface area contributed by atoms with E-state index in [4.69, 9.17) is 20.4 Å². The maximum atomic E-state index is 10.5. The number of ether oxygens (including phenoxy) is 1. The van der Waals surface area contributed by atoms with Gasteiger partial charge in [0.25, 0.3) is 0 Å². The SMILES string of the molecule is CC(C)O.CC(C)OC(=O)[C@H](C)O.C[C@H](O)C(=O)O. The second kappa shape index (κ2) is 13.3. The Morgan fingerprint density at radius 3 is 1.16 bits per heavy atom. The number of hydrogen-bond donors (Lipinski definition) is 4. The van der Waals surface area contributed by atoms with Gasteiger partial charge >= 0.3 is 11.9 Å². The fourth-order valence-electron chi connectivity index (χ4n) is 0.331. The lowest BCUT2D eigenvalue weighted by molar-refractivity contribution is -0.156. The van der Waals surface area contributed by atoms with Crippen LogP contribution in [0, 0.1) is 0 Å². The zero-order chi connectivity index (χ0) is 16.2. The molecule has 0 amide bonds. The molecule has 19 heavy (non-hydrogen) atoms. The van der Waals surface area contributed by atoms with Crippen molar-refractivity contribution in [2.45, 2.75) is 66.0 Å². The van der Waals surface area contributed by atoms with E-state index >= 15 is 0 Å². The molecule has 7 nitrogen and oxygen atoms in total. The first-order valence-electron chi connectivity index (χ1n) is 5.89. The quantitative estimate of drug-likeness (QED) is 0.543. The normalized spacial score (nSPS) is 12.6. The summed E-state index contributed by atoms with van der Waals surface area (Å²) in [6.07, 6.45) is -2.55. The molecule has 0 rings (SSSR count). The van der Waals surface area contributed by atoms with Crippen LogP contribution in [-0.2, 0) is 14.3 Å². The summed E-state index contributed by atoms with van der Waals surface area (Å²) in [5.74, 6) is -1.75. The van der Waals surface area contributed by atoms with Crippen LogP contribution in [0.4, 0.5) is 0 Å². The Labute approximate surface area is 113 Å². The first-order chi connectivity index (χ1) is 8.41. The van der Waals surface area contributed by atoms with Gasteiger partial charge in [-0.3, -0.25) is 0 Å². The highest BCUT2D eigenvalue weighted by Crippen LogP contribution is 1.92. The third-order valence-electron chi connectivity index (χ3n) is 1.05. The first kappa shape index (κ1) is 23.0. The summed E-state index contributed by atoms with van der Waals surface area (Å²) in [6, 6.07) is 0. The lowest BCUT2D eigenvalue weighted by atomic mass is 10.4. The topological polar surface area (TPSA) is 124 Å². The van der Waals surface area contributed by atoms with Crippen molar-refractivity contribution in [1.82, 2.24) is 0 Å². The summed E-state index contributed by atoms with van der Waals surface area (Å²) < 4.78 is 4.62. The number of rotatable bonds is 3. The molecule has 4 N–H and O–H groups in total. The van der Waals surface area contributed by atoms with Crippen molar-refractivity contribution in [3.8, 4) is 0 Å². The molecule has 0 aliphatic heterocycles. The van der Waals surface area contributed by atoms with E-state index in [1.807, 2.05) is 0 Å². The van der Waals surface area contributed by atoms with Crippen molar-refractivity contribution in [1.29, 1.82) is 0 Å². The molecule has 0 spiro atoms. The minimum absolute atomic E-state index is 0.146. The highest BCUT2D eigenvalue weighted by molar-refractivity contribution is 5.73. The second-order valence-corrected chi connectivity index (χ2v) is 4.27. The lowest BCUT2D eigenvalue weighted by Gasteiger charge is -2.08. The number of carboxylic acids is 1. The molecule has 0 radical (unpaired) electrons. The van der Waals surface area contributed by atoms with E-state index in [0.717, 1.165) is 0 Å². The average molecular weight is 282 g/mol. The van der Waals surface area contributed by atoms with Gasteiger partial charge in [-0.15, -0.1) is 0 Å². The largest absolute Gasteiger partial charge is 0.479 e. The third kappa shape index (κ3) is 31.6. The average Bonchev–Trinajstić information content (AvgIpc) is 2.15. The Balaban J connectivity index is -0.000000222. The molecular weight excluding hydrogens is 256 g/mol. The third-order valence-corrected chi connectivity index (χ3v) is 1.05. The predicted octanol–water partition coefficient (Wildman–Crippen LogP) is 0.158. The van der Waals surface area contributed by atoms with Gasteiger partial charge in [-0.05, 0) is 41.5 Å². The molecular formula is C12H26O7. The molecule has 0 unspecified atom stereocenters. The Hall–Kier alpha value is -1.18. The van der Waals surface area contributed by atoms with Gasteiger partial charge in [0.1, 0.15) is 12.2 Å². The minimum Gasteiger partial charge on any atom is -0.479 e. The zero-order valence-corrected chi connectivity index (χ0v) is 12.3. The van der Waals surface area contributed by atoms with Crippen molar-refractivity contribution in [2.24, 2.45) is 0 Å². The van der Waals surface area contributed by atoms with Crippen LogP contribution in [0.15, 0.2) is 0 Å². The molecule has 0 bridgehead atoms. The standard InChI is InChI=1S/C6H12O3.C3H6O3.C3H8O/c1-4(2)9-6(8)5(3)7;1-2(4)3(5)6;1-3(2)4/h4-5,7H,1-3H3;2,4H,1H3,(H,5,6);3-4H,1-2H3/t5-;2-;/m00./s1. The second-order valence-electron chi connectivity index (χ2n) is 4.27. The molecule has 0 heterocycles. The molecule has 0 aliphatic rings. The zero-order valence-electron chi connectivity index (χ0n) is 12.3. The van der Waals surface area contributed by atoms with E-state index in [2.05, 4.69) is 4.74 Å². The number of carbonyl (C=O) groups is 2. The molecule has 0 aromatic carbocycles. The van der Waals surface area contributed by atoms with Gasteiger partial charge in [0.15, 0.2) is 0 Å². The maximum absolute atomic E-state index is 10.5. The van der Waals surface area contributed by atoms with Crippen LogP contribution in [0.25, 0.3) is 0 Å². The van der Waals surface area contributed by atoms with Gasteiger partial charge in [-0.25, -0.2) is 9.59 Å². The fraction of sp³-hybridized carbons (Fsp3) is 0.833. The molecule has 0 saturated heterocycles. The summed E-state index contributed by atoms with van der Waals surface area (Å²) >= 11 is 0. The summed E-state index contributed by atoms with van der Waals surface area (Å²) in [5.41, 5.74) is 0. The number of aliphatic carboxylic acids is 1. The van der Waals surface area contributed by atoms with E-state index in [-0.39, 0.29) is 12.2 Å². The van der Waals surface area contributed by atoms with Crippen LogP contribution >= 0.6 is 0 Å². The Kier molecular flexibility index (Phi) is 16.0. The van der Waals surface area contributed by atoms with E-state index in [0.29, 0.717) is 0 Å². The first-order valence-corrected chi connectivity index (χ1v) is 5.89. The number of esters is 1. The van der Waals surface area contributed by atoms with Crippen molar-refractivity contribution >= 4 is 11.9 Å². The van der Waals surface area contributed by atoms with Crippen LogP contribution in [0.2, 0.25) is 0 Å². The minimum atomic E-state index is -1.23. The summed E-state index contributed by atoms with van der Waals surface area (Å²) in [5, 5.41) is 32.4. The molecule has 0 saturated carbocycles. The van der Waals surface area contributed by atoms with E-state index < -0.39 is 24.1 Å². The molecule has 116 valence electrons. The van der Waals surface area contributed by atoms with Gasteiger partial charge in [0.2, 0.25) is 0 Å². The van der Waals surface area contributed by atoms with Gasteiger partial charge in [-0.2, -0.15) is 0 Å². The van der Waals surface area contributed by atoms with Crippen LogP contribution in [-0.4, -0.2) is 56.8 Å². The van der Waals surface area contributed by atoms with Crippen molar-refractivity contribution in [3.63, 3.8) is 0 Å². The van der Waals surface area contributed by atoms with Gasteiger partial charge in [-0.1, -0.05) is 0 Å². The number of carboxylic acid groups (broad SMARTS) is 1. The highest BCUT2D eigenvalue weighted by atomic mass is 16.6. The van der Waals surface area contributed by atoms with E-state index in [1.54, 1.807) is 27.7 Å². The molecule has 2 atom stereocenters. The number of aliphatic hydroxyl groups excluding tert-OH is 3. The van der Waals surface area contributed by atoms with Gasteiger partial charge in [0.05, 0.1) is 6.10 Å². The molecule has 0 aromatic heterocycles. The van der Waals surface area contributed by atoms with Gasteiger partial charge in [0, 0.05) is 6.10 Å². The predicted molar refractivity (Wildman–Crippen MR) is 69.6 cm³/mol. The van der Waals surface area contributed by atoms with E-state index in [9.17, 15) is 9.59 Å². The molecule has 7 heteroatoms. The Morgan fingerprint density at radius 1 is 0.842 bits per heavy atom. The van der Waals surface area contributed by atoms with Crippen LogP contribution in [0.5, 0.6) is 0 Å². The van der Waals surface area contributed by atoms with Crippen molar-refractivity contribution in [2.75, 3.05) is 0 Å². The number of carbonyl (C=O) groups excluding carboxylic acids is 1. The molecule has 0 fully saturated rings. The highest BCUT2D eigenvalue weighted by Gasteiger charge is 2.10. The molecule has 0 aromatic rings. The van der Waals surface area contributed by atoms with Crippen LogP contribution in [0.1, 0.15) is 41.5 Å². The van der Waals surface area contributed by atoms with Gasteiger partial charge < -0.3 is 25.2 Å². The Bertz CT molecular complexity index is 231. The molecule has 0 aliphatic carbocycles. The van der Waals surface area contributed by atoms with Crippen LogP contribution in [0.3, 0.4) is 0 Å². The summed E-state index contributed by atoms with van der Waals surface area (Å²) in [4.78, 5) is 19.9. The number of aliphatic hydroxyl groups is 3. The maximum Gasteiger partial charge on any atom is 0.334 e. The summed E-state index contributed by atoms with van der Waals surface area (Å²) in [6.45, 7) is 9.49. The van der Waals surface area contributed by atoms with E-state index in [1.165, 1.54) is 13.8 Å². The number of hydrogen-bond acceptors (Lipinski definition) is 6. The summed E-state index contributed by atoms with van der Waals surface area (Å²) in [7, 11) is 0. The monoisotopic (exact) mass is 282 g/mol. The van der Waals surface area contributed by atoms with Crippen molar-refractivity contribution in [3.05, 3.63) is 0 Å².